The summed E-state index contributed by atoms with van der Waals surface area (Å²) in [5.41, 5.74) is 3.29. The second-order valence-corrected chi connectivity index (χ2v) is 6.42. The van der Waals surface area contributed by atoms with Gasteiger partial charge in [0.05, 0.1) is 5.75 Å². The Morgan fingerprint density at radius 1 is 1.10 bits per heavy atom. The largest absolute Gasteiger partial charge is 0.325 e. The molecule has 3 heteroatoms. The van der Waals surface area contributed by atoms with E-state index >= 15 is 0 Å². The second-order valence-electron chi connectivity index (χ2n) is 5.38. The van der Waals surface area contributed by atoms with Crippen molar-refractivity contribution >= 4 is 23.4 Å². The van der Waals surface area contributed by atoms with Gasteiger partial charge in [-0.15, -0.1) is 11.8 Å². The molecule has 2 nitrogen and oxygen atoms in total. The van der Waals surface area contributed by atoms with Crippen LogP contribution in [0.15, 0.2) is 53.4 Å². The van der Waals surface area contributed by atoms with E-state index in [-0.39, 0.29) is 5.91 Å². The Morgan fingerprint density at radius 2 is 1.76 bits per heavy atom. The highest BCUT2D eigenvalue weighted by Gasteiger charge is 2.06. The quantitative estimate of drug-likeness (QED) is 0.800. The smallest absolute Gasteiger partial charge is 0.234 e. The van der Waals surface area contributed by atoms with Crippen LogP contribution in [0.25, 0.3) is 0 Å². The van der Waals surface area contributed by atoms with Crippen LogP contribution in [0.4, 0.5) is 5.69 Å². The molecule has 0 atom stereocenters. The number of rotatable bonds is 5. The van der Waals surface area contributed by atoms with Crippen molar-refractivity contribution in [2.75, 3.05) is 11.1 Å². The van der Waals surface area contributed by atoms with Gasteiger partial charge in [0.25, 0.3) is 0 Å². The number of benzene rings is 2. The van der Waals surface area contributed by atoms with Crippen LogP contribution < -0.4 is 5.32 Å². The molecule has 0 saturated heterocycles. The first-order valence-electron chi connectivity index (χ1n) is 7.14. The van der Waals surface area contributed by atoms with E-state index in [0.717, 1.165) is 16.1 Å². The van der Waals surface area contributed by atoms with Crippen LogP contribution in [0.3, 0.4) is 0 Å². The fourth-order valence-electron chi connectivity index (χ4n) is 2.00. The second kappa shape index (κ2) is 7.32. The lowest BCUT2D eigenvalue weighted by atomic mass is 10.0. The van der Waals surface area contributed by atoms with E-state index in [1.165, 1.54) is 5.56 Å². The molecule has 0 heterocycles. The van der Waals surface area contributed by atoms with E-state index in [9.17, 15) is 4.79 Å². The number of amides is 1. The maximum atomic E-state index is 12.0. The van der Waals surface area contributed by atoms with Crippen LogP contribution in [0.2, 0.25) is 0 Å². The molecule has 0 unspecified atom stereocenters. The maximum Gasteiger partial charge on any atom is 0.234 e. The molecule has 0 spiro atoms. The normalized spacial score (nSPS) is 10.7. The van der Waals surface area contributed by atoms with E-state index in [1.54, 1.807) is 11.8 Å². The third-order valence-corrected chi connectivity index (χ3v) is 4.35. The number of hydrogen-bond donors (Lipinski definition) is 1. The Morgan fingerprint density at radius 3 is 2.38 bits per heavy atom. The number of carbonyl (C=O) groups excluding carboxylic acids is 1. The third-order valence-electron chi connectivity index (χ3n) is 3.34. The van der Waals surface area contributed by atoms with Crippen molar-refractivity contribution in [1.29, 1.82) is 0 Å². The Bertz CT molecular complexity index is 605. The molecular formula is C18H21NOS. The molecule has 2 aromatic carbocycles. The van der Waals surface area contributed by atoms with Crippen molar-refractivity contribution in [3.8, 4) is 0 Å². The van der Waals surface area contributed by atoms with Crippen molar-refractivity contribution in [3.63, 3.8) is 0 Å². The molecule has 0 aromatic heterocycles. The first kappa shape index (κ1) is 15.6. The molecule has 0 aliphatic heterocycles. The summed E-state index contributed by atoms with van der Waals surface area (Å²) in [6.45, 7) is 6.35. The van der Waals surface area contributed by atoms with Crippen molar-refractivity contribution in [1.82, 2.24) is 0 Å². The van der Waals surface area contributed by atoms with E-state index in [2.05, 4.69) is 43.4 Å². The monoisotopic (exact) mass is 299 g/mol. The van der Waals surface area contributed by atoms with Gasteiger partial charge in [-0.05, 0) is 42.2 Å². The number of nitrogens with one attached hydrogen (secondary N) is 1. The zero-order valence-electron chi connectivity index (χ0n) is 12.7. The molecule has 1 N–H and O–H groups in total. The first-order valence-corrected chi connectivity index (χ1v) is 8.13. The van der Waals surface area contributed by atoms with Gasteiger partial charge in [0.15, 0.2) is 0 Å². The minimum atomic E-state index is 0.0298. The minimum Gasteiger partial charge on any atom is -0.325 e. The Balaban J connectivity index is 1.88. The molecular weight excluding hydrogens is 278 g/mol. The summed E-state index contributed by atoms with van der Waals surface area (Å²) in [6, 6.07) is 16.2. The van der Waals surface area contributed by atoms with Crippen LogP contribution in [0, 0.1) is 6.92 Å². The molecule has 0 radical (unpaired) electrons. The van der Waals surface area contributed by atoms with Crippen LogP contribution in [-0.4, -0.2) is 11.7 Å². The SMILES string of the molecule is Cc1ccccc1NC(=O)CSc1ccc(C(C)C)cc1. The average molecular weight is 299 g/mol. The minimum absolute atomic E-state index is 0.0298. The molecule has 110 valence electrons. The Hall–Kier alpha value is -1.74. The van der Waals surface area contributed by atoms with Crippen LogP contribution in [-0.2, 0) is 4.79 Å². The zero-order chi connectivity index (χ0) is 15.2. The van der Waals surface area contributed by atoms with Crippen LogP contribution in [0.5, 0.6) is 0 Å². The summed E-state index contributed by atoms with van der Waals surface area (Å²) in [5, 5.41) is 2.95. The summed E-state index contributed by atoms with van der Waals surface area (Å²) >= 11 is 1.56. The van der Waals surface area contributed by atoms with Gasteiger partial charge >= 0.3 is 0 Å². The molecule has 1 amide bonds. The van der Waals surface area contributed by atoms with Gasteiger partial charge in [0, 0.05) is 10.6 Å². The van der Waals surface area contributed by atoms with E-state index in [0.29, 0.717) is 11.7 Å². The highest BCUT2D eigenvalue weighted by Crippen LogP contribution is 2.22. The summed E-state index contributed by atoms with van der Waals surface area (Å²) in [6.07, 6.45) is 0. The predicted octanol–water partition coefficient (Wildman–Crippen LogP) is 4.85. The summed E-state index contributed by atoms with van der Waals surface area (Å²) in [7, 11) is 0. The summed E-state index contributed by atoms with van der Waals surface area (Å²) in [5.74, 6) is 0.991. The van der Waals surface area contributed by atoms with Gasteiger partial charge in [-0.25, -0.2) is 0 Å². The number of anilines is 1. The molecule has 2 aromatic rings. The fourth-order valence-corrected chi connectivity index (χ4v) is 2.70. The summed E-state index contributed by atoms with van der Waals surface area (Å²) < 4.78 is 0. The van der Waals surface area contributed by atoms with E-state index < -0.39 is 0 Å². The first-order chi connectivity index (χ1) is 10.1. The van der Waals surface area contributed by atoms with E-state index in [4.69, 9.17) is 0 Å². The molecule has 0 aliphatic rings. The number of para-hydroxylation sites is 1. The zero-order valence-corrected chi connectivity index (χ0v) is 13.5. The van der Waals surface area contributed by atoms with Crippen LogP contribution >= 0.6 is 11.8 Å². The lowest BCUT2D eigenvalue weighted by Gasteiger charge is -2.09. The summed E-state index contributed by atoms with van der Waals surface area (Å²) in [4.78, 5) is 13.1. The standard InChI is InChI=1S/C18H21NOS/c1-13(2)15-8-10-16(11-9-15)21-12-18(20)19-17-7-5-4-6-14(17)3/h4-11,13H,12H2,1-3H3,(H,19,20). The number of hydrogen-bond acceptors (Lipinski definition) is 2. The molecule has 21 heavy (non-hydrogen) atoms. The van der Waals surface area contributed by atoms with Crippen LogP contribution in [0.1, 0.15) is 30.9 Å². The van der Waals surface area contributed by atoms with Gasteiger partial charge in [-0.2, -0.15) is 0 Å². The van der Waals surface area contributed by atoms with Crippen molar-refractivity contribution in [2.45, 2.75) is 31.6 Å². The molecule has 2 rings (SSSR count). The molecule has 0 fully saturated rings. The molecule has 0 aliphatic carbocycles. The van der Waals surface area contributed by atoms with Gasteiger partial charge in [-0.1, -0.05) is 44.2 Å². The van der Waals surface area contributed by atoms with E-state index in [1.807, 2.05) is 31.2 Å². The fraction of sp³-hybridized carbons (Fsp3) is 0.278. The molecule has 0 bridgehead atoms. The van der Waals surface area contributed by atoms with Gasteiger partial charge in [0.1, 0.15) is 0 Å². The highest BCUT2D eigenvalue weighted by molar-refractivity contribution is 8.00. The van der Waals surface area contributed by atoms with Gasteiger partial charge in [-0.3, -0.25) is 4.79 Å². The Kier molecular flexibility index (Phi) is 5.45. The lowest BCUT2D eigenvalue weighted by Crippen LogP contribution is -2.14. The maximum absolute atomic E-state index is 12.0. The number of aryl methyl sites for hydroxylation is 1. The van der Waals surface area contributed by atoms with Crippen molar-refractivity contribution < 1.29 is 4.79 Å². The molecule has 0 saturated carbocycles. The van der Waals surface area contributed by atoms with Crippen molar-refractivity contribution in [2.24, 2.45) is 0 Å². The lowest BCUT2D eigenvalue weighted by molar-refractivity contribution is -0.113. The average Bonchev–Trinajstić information content (AvgIpc) is 2.48. The Labute approximate surface area is 131 Å². The van der Waals surface area contributed by atoms with Crippen molar-refractivity contribution in [3.05, 3.63) is 59.7 Å². The topological polar surface area (TPSA) is 29.1 Å². The van der Waals surface area contributed by atoms with Gasteiger partial charge in [0.2, 0.25) is 5.91 Å². The number of carbonyl (C=O) groups is 1. The number of thioether (sulfide) groups is 1. The third kappa shape index (κ3) is 4.64. The highest BCUT2D eigenvalue weighted by atomic mass is 32.2. The van der Waals surface area contributed by atoms with Gasteiger partial charge < -0.3 is 5.32 Å². The predicted molar refractivity (Wildman–Crippen MR) is 91.1 cm³/mol.